The molecule has 0 unspecified atom stereocenters. The molecule has 130 valence electrons. The molecule has 0 bridgehead atoms. The van der Waals surface area contributed by atoms with Crippen molar-refractivity contribution in [3.8, 4) is 17.2 Å². The first-order valence-corrected chi connectivity index (χ1v) is 9.40. The van der Waals surface area contributed by atoms with Crippen molar-refractivity contribution in [3.63, 3.8) is 0 Å². The van der Waals surface area contributed by atoms with Gasteiger partial charge in [-0.25, -0.2) is 0 Å². The Kier molecular flexibility index (Phi) is 9.65. The Morgan fingerprint density at radius 2 is 1.80 bits per heavy atom. The second-order valence-electron chi connectivity index (χ2n) is 5.60. The minimum Gasteiger partial charge on any atom is -0.872 e. The first-order chi connectivity index (χ1) is 11.4. The van der Waals surface area contributed by atoms with E-state index < -0.39 is 20.8 Å². The molecule has 0 aliphatic rings. The van der Waals surface area contributed by atoms with Gasteiger partial charge in [0.25, 0.3) is 10.1 Å². The van der Waals surface area contributed by atoms with Crippen LogP contribution in [0.15, 0.2) is 47.4 Å². The summed E-state index contributed by atoms with van der Waals surface area (Å²) in [6.45, 7) is 2.16. The smallest absolute Gasteiger partial charge is 0.872 e. The molecule has 0 saturated carbocycles. The summed E-state index contributed by atoms with van der Waals surface area (Å²) in [5.41, 5.74) is 1.02. The van der Waals surface area contributed by atoms with Crippen LogP contribution in [0.4, 0.5) is 0 Å². The van der Waals surface area contributed by atoms with Crippen LogP contribution in [0.5, 0.6) is 17.2 Å². The van der Waals surface area contributed by atoms with Gasteiger partial charge in [0.05, 0.1) is 4.90 Å². The average Bonchev–Trinajstić information content (AvgIpc) is 2.54. The number of rotatable bonds is 8. The SMILES string of the molecule is CCCCCCc1ccccc1Oc1ccc([O-])c(S(=O)(=O)O)c1.[K+]. The van der Waals surface area contributed by atoms with Gasteiger partial charge in [0.2, 0.25) is 0 Å². The van der Waals surface area contributed by atoms with E-state index in [1.807, 2.05) is 18.2 Å². The summed E-state index contributed by atoms with van der Waals surface area (Å²) >= 11 is 0. The van der Waals surface area contributed by atoms with Crippen LogP contribution in [0.3, 0.4) is 0 Å². The number of unbranched alkanes of at least 4 members (excludes halogenated alkanes) is 3. The van der Waals surface area contributed by atoms with Crippen molar-refractivity contribution in [1.29, 1.82) is 0 Å². The van der Waals surface area contributed by atoms with Crippen molar-refractivity contribution in [1.82, 2.24) is 0 Å². The molecule has 25 heavy (non-hydrogen) atoms. The zero-order valence-corrected chi connectivity index (χ0v) is 18.5. The molecule has 1 N–H and O–H groups in total. The number of hydrogen-bond donors (Lipinski definition) is 1. The molecular weight excluding hydrogens is 367 g/mol. The van der Waals surface area contributed by atoms with Gasteiger partial charge < -0.3 is 9.84 Å². The quantitative estimate of drug-likeness (QED) is 0.413. The molecule has 7 heteroatoms. The van der Waals surface area contributed by atoms with E-state index in [2.05, 4.69) is 6.92 Å². The van der Waals surface area contributed by atoms with Gasteiger partial charge in [0.15, 0.2) is 0 Å². The van der Waals surface area contributed by atoms with Crippen LogP contribution in [0.25, 0.3) is 0 Å². The van der Waals surface area contributed by atoms with Gasteiger partial charge in [0.1, 0.15) is 11.5 Å². The third kappa shape index (κ3) is 7.01. The molecule has 0 spiro atoms. The fourth-order valence-electron chi connectivity index (χ4n) is 2.43. The van der Waals surface area contributed by atoms with Gasteiger partial charge in [-0.05, 0) is 30.5 Å². The summed E-state index contributed by atoms with van der Waals surface area (Å²) in [5.74, 6) is 0.0508. The van der Waals surface area contributed by atoms with Crippen molar-refractivity contribution in [2.75, 3.05) is 0 Å². The fraction of sp³-hybridized carbons (Fsp3) is 0.333. The maximum Gasteiger partial charge on any atom is 1.00 e. The molecule has 0 atom stereocenters. The fourth-order valence-corrected chi connectivity index (χ4v) is 3.02. The van der Waals surface area contributed by atoms with Crippen molar-refractivity contribution in [2.45, 2.75) is 43.9 Å². The predicted octanol–water partition coefficient (Wildman–Crippen LogP) is 0.926. The monoisotopic (exact) mass is 388 g/mol. The Hall–Kier alpha value is -0.414. The summed E-state index contributed by atoms with van der Waals surface area (Å²) < 4.78 is 37.3. The van der Waals surface area contributed by atoms with Crippen LogP contribution in [-0.4, -0.2) is 13.0 Å². The Bertz CT molecular complexity index is 790. The number of ether oxygens (including phenoxy) is 1. The summed E-state index contributed by atoms with van der Waals surface area (Å²) in [5, 5.41) is 11.5. The molecule has 0 fully saturated rings. The molecule has 0 heterocycles. The Morgan fingerprint density at radius 3 is 2.48 bits per heavy atom. The predicted molar refractivity (Wildman–Crippen MR) is 90.1 cm³/mol. The largest absolute Gasteiger partial charge is 1.00 e. The third-order valence-electron chi connectivity index (χ3n) is 3.69. The zero-order chi connectivity index (χ0) is 17.6. The summed E-state index contributed by atoms with van der Waals surface area (Å²) in [7, 11) is -4.57. The van der Waals surface area contributed by atoms with E-state index in [-0.39, 0.29) is 57.1 Å². The number of benzene rings is 2. The normalized spacial score (nSPS) is 11.0. The van der Waals surface area contributed by atoms with E-state index in [1.54, 1.807) is 6.07 Å². The molecule has 2 rings (SSSR count). The second kappa shape index (κ2) is 10.7. The van der Waals surface area contributed by atoms with E-state index >= 15 is 0 Å². The third-order valence-corrected chi connectivity index (χ3v) is 4.57. The second-order valence-corrected chi connectivity index (χ2v) is 6.99. The summed E-state index contributed by atoms with van der Waals surface area (Å²) in [6.07, 6.45) is 5.40. The Morgan fingerprint density at radius 1 is 1.08 bits per heavy atom. The zero-order valence-electron chi connectivity index (χ0n) is 14.6. The van der Waals surface area contributed by atoms with Gasteiger partial charge in [-0.1, -0.05) is 56.2 Å². The first kappa shape index (κ1) is 22.6. The number of hydrogen-bond acceptors (Lipinski definition) is 4. The van der Waals surface area contributed by atoms with E-state index in [0.29, 0.717) is 5.75 Å². The molecule has 0 saturated heterocycles. The van der Waals surface area contributed by atoms with E-state index in [9.17, 15) is 13.5 Å². The standard InChI is InChI=1S/C18H22O5S.K/c1-2-3-4-5-8-14-9-6-7-10-17(14)23-15-11-12-16(19)18(13-15)24(20,21)22;/h6-7,9-13,19H,2-5,8H2,1H3,(H,20,21,22);/q;+1/p-1. The molecule has 2 aromatic carbocycles. The van der Waals surface area contributed by atoms with Crippen LogP contribution in [-0.2, 0) is 16.5 Å². The molecule has 5 nitrogen and oxygen atoms in total. The van der Waals surface area contributed by atoms with Gasteiger partial charge in [-0.15, -0.1) is 0 Å². The molecule has 0 radical (unpaired) electrons. The average molecular weight is 389 g/mol. The molecule has 2 aromatic rings. The van der Waals surface area contributed by atoms with Crippen molar-refractivity contribution in [2.24, 2.45) is 0 Å². The van der Waals surface area contributed by atoms with Gasteiger partial charge in [-0.2, -0.15) is 8.42 Å². The summed E-state index contributed by atoms with van der Waals surface area (Å²) in [4.78, 5) is -0.680. The topological polar surface area (TPSA) is 86.7 Å². The van der Waals surface area contributed by atoms with Crippen LogP contribution < -0.4 is 61.2 Å². The van der Waals surface area contributed by atoms with Crippen molar-refractivity contribution in [3.05, 3.63) is 48.0 Å². The first-order valence-electron chi connectivity index (χ1n) is 7.96. The van der Waals surface area contributed by atoms with Crippen molar-refractivity contribution < 1.29 is 74.2 Å². The molecule has 0 aliphatic heterocycles. The maximum absolute atomic E-state index is 11.5. The van der Waals surface area contributed by atoms with E-state index in [1.165, 1.54) is 12.5 Å². The molecule has 0 aliphatic carbocycles. The van der Waals surface area contributed by atoms with Crippen LogP contribution in [0.2, 0.25) is 0 Å². The van der Waals surface area contributed by atoms with Gasteiger partial charge in [0, 0.05) is 6.07 Å². The number of para-hydroxylation sites is 1. The Balaban J connectivity index is 0.00000312. The summed E-state index contributed by atoms with van der Waals surface area (Å²) in [6, 6.07) is 11.0. The Labute approximate surface area is 191 Å². The molecule has 0 amide bonds. The van der Waals surface area contributed by atoms with Crippen LogP contribution >= 0.6 is 0 Å². The maximum atomic E-state index is 11.5. The van der Waals surface area contributed by atoms with Gasteiger partial charge in [-0.3, -0.25) is 4.55 Å². The molecular formula is C18H21KO5S. The van der Waals surface area contributed by atoms with Crippen molar-refractivity contribution >= 4 is 10.1 Å². The van der Waals surface area contributed by atoms with Crippen LogP contribution in [0, 0.1) is 0 Å². The van der Waals surface area contributed by atoms with E-state index in [4.69, 9.17) is 9.29 Å². The minimum absolute atomic E-state index is 0. The number of aryl methyl sites for hydroxylation is 1. The van der Waals surface area contributed by atoms with Gasteiger partial charge >= 0.3 is 51.4 Å². The van der Waals surface area contributed by atoms with Crippen LogP contribution in [0.1, 0.15) is 38.2 Å². The minimum atomic E-state index is -4.57. The van der Waals surface area contributed by atoms with E-state index in [0.717, 1.165) is 43.4 Å². The molecule has 0 aromatic heterocycles.